The van der Waals surface area contributed by atoms with Gasteiger partial charge in [0.1, 0.15) is 12.3 Å². The summed E-state index contributed by atoms with van der Waals surface area (Å²) in [6.07, 6.45) is 0. The number of nitrogens with two attached hydrogens (primary N) is 1. The van der Waals surface area contributed by atoms with Crippen molar-refractivity contribution in [1.82, 2.24) is 0 Å². The minimum absolute atomic E-state index is 0.206. The molecule has 0 aromatic heterocycles. The summed E-state index contributed by atoms with van der Waals surface area (Å²) in [5.74, 6) is 0.206. The molecule has 0 saturated heterocycles. The first-order chi connectivity index (χ1) is 8.38. The van der Waals surface area contributed by atoms with Crippen molar-refractivity contribution in [3.8, 4) is 5.75 Å². The number of nitrogen functional groups attached to an aromatic ring is 1. The number of nitrogens with zero attached hydrogens (tertiary/aromatic N) is 1. The third-order valence-electron chi connectivity index (χ3n) is 2.51. The molecular formula is C13H24N3O2+. The summed E-state index contributed by atoms with van der Waals surface area (Å²) >= 11 is 0. The van der Waals surface area contributed by atoms with Gasteiger partial charge in [0, 0.05) is 12.6 Å². The Morgan fingerprint density at radius 2 is 2.00 bits per heavy atom. The molecule has 0 spiro atoms. The molecule has 0 aliphatic heterocycles. The number of likely N-dealkylation sites (N-methyl/N-ethyl adjacent to an activating group) is 1. The lowest BCUT2D eigenvalue weighted by Gasteiger charge is -2.23. The van der Waals surface area contributed by atoms with Gasteiger partial charge in [-0.05, 0) is 12.1 Å². The average Bonchev–Trinajstić information content (AvgIpc) is 2.26. The number of benzene rings is 1. The Kier molecular flexibility index (Phi) is 5.25. The van der Waals surface area contributed by atoms with E-state index in [1.165, 1.54) is 0 Å². The molecule has 0 aliphatic carbocycles. The van der Waals surface area contributed by atoms with Crippen LogP contribution in [0.5, 0.6) is 5.75 Å². The van der Waals surface area contributed by atoms with E-state index in [1.807, 2.05) is 0 Å². The van der Waals surface area contributed by atoms with E-state index in [-0.39, 0.29) is 5.75 Å². The van der Waals surface area contributed by atoms with E-state index in [2.05, 4.69) is 26.5 Å². The van der Waals surface area contributed by atoms with Crippen molar-refractivity contribution in [3.05, 3.63) is 18.2 Å². The van der Waals surface area contributed by atoms with Gasteiger partial charge >= 0.3 is 0 Å². The highest BCUT2D eigenvalue weighted by atomic mass is 16.5. The van der Waals surface area contributed by atoms with Gasteiger partial charge < -0.3 is 25.4 Å². The zero-order valence-corrected chi connectivity index (χ0v) is 11.4. The van der Waals surface area contributed by atoms with Crippen molar-refractivity contribution in [2.75, 3.05) is 58.5 Å². The molecule has 0 atom stereocenters. The summed E-state index contributed by atoms with van der Waals surface area (Å²) in [7, 11) is 6.40. The molecule has 0 aliphatic rings. The van der Waals surface area contributed by atoms with E-state index in [0.717, 1.165) is 23.3 Å². The van der Waals surface area contributed by atoms with Crippen molar-refractivity contribution < 1.29 is 14.3 Å². The van der Waals surface area contributed by atoms with E-state index >= 15 is 0 Å². The maximum absolute atomic E-state index is 9.34. The van der Waals surface area contributed by atoms with Crippen molar-refractivity contribution in [3.63, 3.8) is 0 Å². The maximum atomic E-state index is 9.34. The SMILES string of the molecule is C[N+](C)(C)CCOCCNc1cc(O)ccc1N. The van der Waals surface area contributed by atoms with Gasteiger partial charge in [-0.1, -0.05) is 0 Å². The Morgan fingerprint density at radius 3 is 2.67 bits per heavy atom. The fourth-order valence-electron chi connectivity index (χ4n) is 1.40. The number of anilines is 2. The predicted molar refractivity (Wildman–Crippen MR) is 74.7 cm³/mol. The van der Waals surface area contributed by atoms with Gasteiger partial charge in [-0.2, -0.15) is 0 Å². The highest BCUT2D eigenvalue weighted by molar-refractivity contribution is 5.67. The first-order valence-electron chi connectivity index (χ1n) is 6.09. The quantitative estimate of drug-likeness (QED) is 0.295. The second-order valence-corrected chi connectivity index (χ2v) is 5.32. The van der Waals surface area contributed by atoms with Crippen LogP contribution in [0.15, 0.2) is 18.2 Å². The van der Waals surface area contributed by atoms with Gasteiger partial charge in [-0.3, -0.25) is 0 Å². The number of aromatic hydroxyl groups is 1. The minimum atomic E-state index is 0.206. The summed E-state index contributed by atoms with van der Waals surface area (Å²) < 4.78 is 6.42. The Bertz CT molecular complexity index is 375. The highest BCUT2D eigenvalue weighted by Crippen LogP contribution is 2.22. The number of quaternary nitrogens is 1. The monoisotopic (exact) mass is 254 g/mol. The van der Waals surface area contributed by atoms with Crippen LogP contribution < -0.4 is 11.1 Å². The Labute approximate surface area is 109 Å². The van der Waals surface area contributed by atoms with Crippen molar-refractivity contribution >= 4 is 11.4 Å². The molecule has 0 radical (unpaired) electrons. The lowest BCUT2D eigenvalue weighted by molar-refractivity contribution is -0.870. The third-order valence-corrected chi connectivity index (χ3v) is 2.51. The Morgan fingerprint density at radius 1 is 1.28 bits per heavy atom. The molecule has 1 rings (SSSR count). The summed E-state index contributed by atoms with van der Waals surface area (Å²) in [5.41, 5.74) is 7.14. The molecule has 0 fully saturated rings. The van der Waals surface area contributed by atoms with Gasteiger partial charge in [0.2, 0.25) is 0 Å². The summed E-state index contributed by atoms with van der Waals surface area (Å²) in [6, 6.07) is 4.86. The van der Waals surface area contributed by atoms with Gasteiger partial charge in [0.15, 0.2) is 0 Å². The molecule has 0 bridgehead atoms. The van der Waals surface area contributed by atoms with Crippen LogP contribution in [0.3, 0.4) is 0 Å². The largest absolute Gasteiger partial charge is 0.508 e. The average molecular weight is 254 g/mol. The lowest BCUT2D eigenvalue weighted by Crippen LogP contribution is -2.37. The second kappa shape index (κ2) is 6.47. The van der Waals surface area contributed by atoms with Crippen LogP contribution in [0.2, 0.25) is 0 Å². The number of nitrogens with one attached hydrogen (secondary N) is 1. The molecule has 5 nitrogen and oxygen atoms in total. The normalized spacial score (nSPS) is 11.5. The van der Waals surface area contributed by atoms with Crippen LogP contribution in [-0.2, 0) is 4.74 Å². The molecule has 0 amide bonds. The molecular weight excluding hydrogens is 230 g/mol. The van der Waals surface area contributed by atoms with Gasteiger partial charge in [-0.15, -0.1) is 0 Å². The van der Waals surface area contributed by atoms with E-state index in [4.69, 9.17) is 10.5 Å². The predicted octanol–water partition coefficient (Wildman–Crippen LogP) is 1.11. The summed E-state index contributed by atoms with van der Waals surface area (Å²) in [5, 5.41) is 12.5. The van der Waals surface area contributed by atoms with E-state index in [1.54, 1.807) is 18.2 Å². The molecule has 18 heavy (non-hydrogen) atoms. The molecule has 4 N–H and O–H groups in total. The van der Waals surface area contributed by atoms with Crippen molar-refractivity contribution in [2.24, 2.45) is 0 Å². The zero-order valence-electron chi connectivity index (χ0n) is 11.4. The maximum Gasteiger partial charge on any atom is 0.117 e. The molecule has 1 aromatic carbocycles. The van der Waals surface area contributed by atoms with Gasteiger partial charge in [-0.25, -0.2) is 0 Å². The molecule has 0 unspecified atom stereocenters. The molecule has 0 heterocycles. The number of rotatable bonds is 7. The van der Waals surface area contributed by atoms with E-state index in [9.17, 15) is 5.11 Å². The first-order valence-corrected chi connectivity index (χ1v) is 6.09. The number of phenols is 1. The van der Waals surface area contributed by atoms with Crippen LogP contribution in [0.4, 0.5) is 11.4 Å². The standard InChI is InChI=1S/C13H23N3O2/c1-16(2,3)7-9-18-8-6-15-13-10-11(17)4-5-12(13)14/h4-5,10,15H,6-9,14H2,1-3H3/p+1. The lowest BCUT2D eigenvalue weighted by atomic mass is 10.2. The van der Waals surface area contributed by atoms with Crippen LogP contribution in [0.25, 0.3) is 0 Å². The van der Waals surface area contributed by atoms with Crippen LogP contribution >= 0.6 is 0 Å². The third kappa shape index (κ3) is 5.75. The van der Waals surface area contributed by atoms with E-state index < -0.39 is 0 Å². The Balaban J connectivity index is 2.20. The zero-order chi connectivity index (χ0) is 13.6. The summed E-state index contributed by atoms with van der Waals surface area (Å²) in [4.78, 5) is 0. The fraction of sp³-hybridized carbons (Fsp3) is 0.538. The molecule has 102 valence electrons. The fourth-order valence-corrected chi connectivity index (χ4v) is 1.40. The van der Waals surface area contributed by atoms with Gasteiger partial charge in [0.05, 0.1) is 45.7 Å². The second-order valence-electron chi connectivity index (χ2n) is 5.32. The number of phenolic OH excluding ortho intramolecular Hbond substituents is 1. The minimum Gasteiger partial charge on any atom is -0.508 e. The molecule has 0 saturated carbocycles. The van der Waals surface area contributed by atoms with Crippen molar-refractivity contribution in [2.45, 2.75) is 0 Å². The highest BCUT2D eigenvalue weighted by Gasteiger charge is 2.05. The smallest absolute Gasteiger partial charge is 0.117 e. The van der Waals surface area contributed by atoms with Crippen LogP contribution in [-0.4, -0.2) is 57.0 Å². The number of hydrogen-bond acceptors (Lipinski definition) is 4. The Hall–Kier alpha value is -1.46. The summed E-state index contributed by atoms with van der Waals surface area (Å²) in [6.45, 7) is 3.01. The topological polar surface area (TPSA) is 67.5 Å². The molecule has 5 heteroatoms. The first kappa shape index (κ1) is 14.6. The number of ether oxygens (including phenoxy) is 1. The number of hydrogen-bond donors (Lipinski definition) is 3. The molecule has 1 aromatic rings. The van der Waals surface area contributed by atoms with Gasteiger partial charge in [0.25, 0.3) is 0 Å². The van der Waals surface area contributed by atoms with Crippen LogP contribution in [0, 0.1) is 0 Å². The van der Waals surface area contributed by atoms with Crippen LogP contribution in [0.1, 0.15) is 0 Å². The van der Waals surface area contributed by atoms with E-state index in [0.29, 0.717) is 18.8 Å². The van der Waals surface area contributed by atoms with Crippen molar-refractivity contribution in [1.29, 1.82) is 0 Å².